The summed E-state index contributed by atoms with van der Waals surface area (Å²) in [7, 11) is 1.72. The standard InChI is InChI=1S/C18H26N2O3/c1-13(12-18(21)20-8-10-23-11-9-20)19-16-7-6-15-14(16)4-3-5-17(15)22-2/h3-5,13,16,19H,6-12H2,1-2H3. The highest BCUT2D eigenvalue weighted by molar-refractivity contribution is 5.76. The van der Waals surface area contributed by atoms with Gasteiger partial charge in [0.15, 0.2) is 0 Å². The smallest absolute Gasteiger partial charge is 0.224 e. The third kappa shape index (κ3) is 3.67. The van der Waals surface area contributed by atoms with Gasteiger partial charge in [-0.3, -0.25) is 4.79 Å². The molecule has 0 aromatic heterocycles. The van der Waals surface area contributed by atoms with Crippen LogP contribution in [0.2, 0.25) is 0 Å². The van der Waals surface area contributed by atoms with Crippen LogP contribution in [0.4, 0.5) is 0 Å². The Morgan fingerprint density at radius 3 is 2.96 bits per heavy atom. The molecule has 1 aromatic rings. The lowest BCUT2D eigenvalue weighted by Gasteiger charge is -2.29. The van der Waals surface area contributed by atoms with Crippen LogP contribution in [0.15, 0.2) is 18.2 Å². The van der Waals surface area contributed by atoms with Crippen LogP contribution < -0.4 is 10.1 Å². The second-order valence-electron chi connectivity index (χ2n) is 6.38. The Bertz CT molecular complexity index is 555. The zero-order valence-electron chi connectivity index (χ0n) is 14.0. The minimum absolute atomic E-state index is 0.160. The molecule has 1 aliphatic carbocycles. The van der Waals surface area contributed by atoms with Gasteiger partial charge < -0.3 is 19.7 Å². The predicted octanol–water partition coefficient (Wildman–Crippen LogP) is 1.91. The van der Waals surface area contributed by atoms with Gasteiger partial charge in [0.05, 0.1) is 20.3 Å². The van der Waals surface area contributed by atoms with Gasteiger partial charge in [-0.05, 0) is 37.0 Å². The van der Waals surface area contributed by atoms with Crippen molar-refractivity contribution in [3.8, 4) is 5.75 Å². The van der Waals surface area contributed by atoms with Crippen molar-refractivity contribution in [1.29, 1.82) is 0 Å². The number of carbonyl (C=O) groups is 1. The number of methoxy groups -OCH3 is 1. The van der Waals surface area contributed by atoms with Crippen molar-refractivity contribution in [1.82, 2.24) is 10.2 Å². The van der Waals surface area contributed by atoms with Gasteiger partial charge in [-0.15, -0.1) is 0 Å². The monoisotopic (exact) mass is 318 g/mol. The molecule has 1 aliphatic heterocycles. The van der Waals surface area contributed by atoms with Crippen molar-refractivity contribution in [2.24, 2.45) is 0 Å². The quantitative estimate of drug-likeness (QED) is 0.901. The first-order chi connectivity index (χ1) is 11.2. The van der Waals surface area contributed by atoms with E-state index in [-0.39, 0.29) is 11.9 Å². The first-order valence-electron chi connectivity index (χ1n) is 8.46. The summed E-state index contributed by atoms with van der Waals surface area (Å²) in [6, 6.07) is 6.70. The summed E-state index contributed by atoms with van der Waals surface area (Å²) in [5, 5.41) is 3.62. The van der Waals surface area contributed by atoms with Crippen LogP contribution in [0.3, 0.4) is 0 Å². The lowest BCUT2D eigenvalue weighted by molar-refractivity contribution is -0.135. The molecule has 1 N–H and O–H groups in total. The Hall–Kier alpha value is -1.59. The Kier molecular flexibility index (Phi) is 5.18. The Morgan fingerprint density at radius 1 is 1.43 bits per heavy atom. The SMILES string of the molecule is COc1cccc2c1CCC2NC(C)CC(=O)N1CCOCC1. The van der Waals surface area contributed by atoms with Crippen LogP contribution in [-0.4, -0.2) is 50.3 Å². The number of nitrogens with one attached hydrogen (secondary N) is 1. The number of hydrogen-bond acceptors (Lipinski definition) is 4. The first kappa shape index (κ1) is 16.3. The summed E-state index contributed by atoms with van der Waals surface area (Å²) >= 11 is 0. The first-order valence-corrected chi connectivity index (χ1v) is 8.46. The molecule has 0 bridgehead atoms. The van der Waals surface area contributed by atoms with Crippen molar-refractivity contribution in [3.63, 3.8) is 0 Å². The molecular formula is C18H26N2O3. The molecule has 5 heteroatoms. The maximum Gasteiger partial charge on any atom is 0.224 e. The van der Waals surface area contributed by atoms with Crippen molar-refractivity contribution in [2.45, 2.75) is 38.3 Å². The number of benzene rings is 1. The predicted molar refractivity (Wildman–Crippen MR) is 88.7 cm³/mol. The van der Waals surface area contributed by atoms with Gasteiger partial charge in [-0.25, -0.2) is 0 Å². The maximum absolute atomic E-state index is 12.3. The Morgan fingerprint density at radius 2 is 2.22 bits per heavy atom. The number of amides is 1. The number of morpholine rings is 1. The van der Waals surface area contributed by atoms with Crippen LogP contribution in [0, 0.1) is 0 Å². The van der Waals surface area contributed by atoms with Gasteiger partial charge >= 0.3 is 0 Å². The molecule has 1 heterocycles. The highest BCUT2D eigenvalue weighted by Crippen LogP contribution is 2.37. The summed E-state index contributed by atoms with van der Waals surface area (Å²) in [5.74, 6) is 1.20. The summed E-state index contributed by atoms with van der Waals surface area (Å²) in [6.07, 6.45) is 2.63. The fourth-order valence-corrected chi connectivity index (χ4v) is 3.59. The molecule has 126 valence electrons. The van der Waals surface area contributed by atoms with E-state index in [2.05, 4.69) is 18.3 Å². The normalized spacial score (nSPS) is 21.8. The zero-order chi connectivity index (χ0) is 16.2. The van der Waals surface area contributed by atoms with Gasteiger partial charge in [-0.1, -0.05) is 12.1 Å². The highest BCUT2D eigenvalue weighted by Gasteiger charge is 2.27. The van der Waals surface area contributed by atoms with E-state index in [1.54, 1.807) is 7.11 Å². The topological polar surface area (TPSA) is 50.8 Å². The second-order valence-corrected chi connectivity index (χ2v) is 6.38. The molecule has 2 aliphatic rings. The Balaban J connectivity index is 1.57. The van der Waals surface area contributed by atoms with Gasteiger partial charge in [0.2, 0.25) is 5.91 Å². The molecule has 5 nitrogen and oxygen atoms in total. The number of hydrogen-bond donors (Lipinski definition) is 1. The number of rotatable bonds is 5. The molecule has 23 heavy (non-hydrogen) atoms. The van der Waals surface area contributed by atoms with Gasteiger partial charge in [-0.2, -0.15) is 0 Å². The molecule has 0 saturated carbocycles. The maximum atomic E-state index is 12.3. The van der Waals surface area contributed by atoms with E-state index >= 15 is 0 Å². The molecule has 1 saturated heterocycles. The summed E-state index contributed by atoms with van der Waals surface area (Å²) < 4.78 is 10.8. The van der Waals surface area contributed by atoms with E-state index < -0.39 is 0 Å². The minimum atomic E-state index is 0.160. The zero-order valence-corrected chi connectivity index (χ0v) is 14.0. The molecule has 0 radical (unpaired) electrons. The van der Waals surface area contributed by atoms with E-state index in [9.17, 15) is 4.79 Å². The average molecular weight is 318 g/mol. The third-order valence-electron chi connectivity index (χ3n) is 4.78. The van der Waals surface area contributed by atoms with E-state index in [1.165, 1.54) is 11.1 Å². The molecule has 2 atom stereocenters. The highest BCUT2D eigenvalue weighted by atomic mass is 16.5. The number of ether oxygens (including phenoxy) is 2. The summed E-state index contributed by atoms with van der Waals surface area (Å²) in [5.41, 5.74) is 2.62. The summed E-state index contributed by atoms with van der Waals surface area (Å²) in [6.45, 7) is 4.84. The van der Waals surface area contributed by atoms with Crippen molar-refractivity contribution in [3.05, 3.63) is 29.3 Å². The molecule has 1 fully saturated rings. The number of nitrogens with zero attached hydrogens (tertiary/aromatic N) is 1. The van der Waals surface area contributed by atoms with Crippen molar-refractivity contribution >= 4 is 5.91 Å². The van der Waals surface area contributed by atoms with Crippen LogP contribution in [-0.2, 0) is 16.0 Å². The van der Waals surface area contributed by atoms with E-state index in [0.29, 0.717) is 25.7 Å². The largest absolute Gasteiger partial charge is 0.496 e. The van der Waals surface area contributed by atoms with Gasteiger partial charge in [0.1, 0.15) is 5.75 Å². The van der Waals surface area contributed by atoms with Gasteiger partial charge in [0.25, 0.3) is 0 Å². The fraction of sp³-hybridized carbons (Fsp3) is 0.611. The second kappa shape index (κ2) is 7.32. The van der Waals surface area contributed by atoms with E-state index in [4.69, 9.17) is 9.47 Å². The van der Waals surface area contributed by atoms with Crippen molar-refractivity contribution < 1.29 is 14.3 Å². The van der Waals surface area contributed by atoms with Crippen LogP contribution >= 0.6 is 0 Å². The van der Waals surface area contributed by atoms with E-state index in [1.807, 2.05) is 17.0 Å². The Labute approximate surface area is 137 Å². The van der Waals surface area contributed by atoms with Crippen LogP contribution in [0.1, 0.15) is 36.9 Å². The average Bonchev–Trinajstić information content (AvgIpc) is 2.98. The number of carbonyl (C=O) groups excluding carboxylic acids is 1. The van der Waals surface area contributed by atoms with Crippen LogP contribution in [0.25, 0.3) is 0 Å². The lowest BCUT2D eigenvalue weighted by Crippen LogP contribution is -2.43. The lowest BCUT2D eigenvalue weighted by atomic mass is 10.1. The summed E-state index contributed by atoms with van der Waals surface area (Å²) in [4.78, 5) is 14.2. The molecule has 3 rings (SSSR count). The van der Waals surface area contributed by atoms with Crippen LogP contribution in [0.5, 0.6) is 5.75 Å². The number of fused-ring (bicyclic) bond motifs is 1. The van der Waals surface area contributed by atoms with E-state index in [0.717, 1.165) is 31.7 Å². The molecule has 1 aromatic carbocycles. The molecular weight excluding hydrogens is 292 g/mol. The van der Waals surface area contributed by atoms with Gasteiger partial charge in [0, 0.05) is 31.6 Å². The molecule has 1 amide bonds. The van der Waals surface area contributed by atoms with Crippen molar-refractivity contribution in [2.75, 3.05) is 33.4 Å². The molecule has 2 unspecified atom stereocenters. The molecule has 0 spiro atoms. The minimum Gasteiger partial charge on any atom is -0.496 e. The fourth-order valence-electron chi connectivity index (χ4n) is 3.59. The third-order valence-corrected chi connectivity index (χ3v) is 4.78.